The quantitative estimate of drug-likeness (QED) is 0.733. The SMILES string of the molecule is CC(=O)c1cccc(S(=O)(=O)N2CCOC(c3ccc(C(C)C)cc3)C2)c1. The van der Waals surface area contributed by atoms with E-state index in [1.807, 2.05) is 12.1 Å². The van der Waals surface area contributed by atoms with Gasteiger partial charge >= 0.3 is 0 Å². The van der Waals surface area contributed by atoms with Crippen molar-refractivity contribution in [3.05, 3.63) is 65.2 Å². The molecule has 1 aliphatic heterocycles. The molecule has 1 atom stereocenters. The fourth-order valence-corrected chi connectivity index (χ4v) is 4.64. The Labute approximate surface area is 161 Å². The molecule has 0 aromatic heterocycles. The average molecular weight is 388 g/mol. The van der Waals surface area contributed by atoms with E-state index in [0.717, 1.165) is 5.56 Å². The van der Waals surface area contributed by atoms with Gasteiger partial charge in [0.15, 0.2) is 5.78 Å². The zero-order valence-electron chi connectivity index (χ0n) is 15.9. The lowest BCUT2D eigenvalue weighted by atomic mass is 10.00. The highest BCUT2D eigenvalue weighted by atomic mass is 32.2. The lowest BCUT2D eigenvalue weighted by molar-refractivity contribution is -0.00256. The van der Waals surface area contributed by atoms with Gasteiger partial charge in [-0.25, -0.2) is 8.42 Å². The maximum Gasteiger partial charge on any atom is 0.243 e. The van der Waals surface area contributed by atoms with E-state index in [0.29, 0.717) is 24.6 Å². The van der Waals surface area contributed by atoms with E-state index < -0.39 is 10.0 Å². The van der Waals surface area contributed by atoms with E-state index in [1.54, 1.807) is 12.1 Å². The molecule has 0 radical (unpaired) electrons. The number of benzene rings is 2. The first-order chi connectivity index (χ1) is 12.8. The highest BCUT2D eigenvalue weighted by Crippen LogP contribution is 2.28. The molecule has 5 nitrogen and oxygen atoms in total. The molecule has 1 heterocycles. The number of nitrogens with zero attached hydrogens (tertiary/aromatic N) is 1. The fourth-order valence-electron chi connectivity index (χ4n) is 3.17. The molecule has 0 bridgehead atoms. The molecule has 1 fully saturated rings. The number of ketones is 1. The maximum absolute atomic E-state index is 13.0. The zero-order chi connectivity index (χ0) is 19.6. The summed E-state index contributed by atoms with van der Waals surface area (Å²) >= 11 is 0. The predicted molar refractivity (Wildman–Crippen MR) is 104 cm³/mol. The second-order valence-electron chi connectivity index (χ2n) is 7.13. The highest BCUT2D eigenvalue weighted by molar-refractivity contribution is 7.89. The van der Waals surface area contributed by atoms with Crippen LogP contribution in [-0.2, 0) is 14.8 Å². The van der Waals surface area contributed by atoms with Crippen molar-refractivity contribution in [2.45, 2.75) is 37.7 Å². The Morgan fingerprint density at radius 1 is 1.15 bits per heavy atom. The van der Waals surface area contributed by atoms with Crippen LogP contribution in [0.2, 0.25) is 0 Å². The first kappa shape index (κ1) is 19.7. The summed E-state index contributed by atoms with van der Waals surface area (Å²) in [5.41, 5.74) is 2.60. The molecule has 0 saturated carbocycles. The molecular formula is C21H25NO4S. The van der Waals surface area contributed by atoms with E-state index >= 15 is 0 Å². The second-order valence-corrected chi connectivity index (χ2v) is 9.07. The molecule has 0 aliphatic carbocycles. The summed E-state index contributed by atoms with van der Waals surface area (Å²) in [6, 6.07) is 14.3. The van der Waals surface area contributed by atoms with Crippen molar-refractivity contribution in [1.29, 1.82) is 0 Å². The number of carbonyl (C=O) groups excluding carboxylic acids is 1. The normalized spacial score (nSPS) is 18.6. The zero-order valence-corrected chi connectivity index (χ0v) is 16.7. The minimum atomic E-state index is -3.68. The van der Waals surface area contributed by atoms with Gasteiger partial charge in [-0.15, -0.1) is 0 Å². The van der Waals surface area contributed by atoms with Crippen LogP contribution < -0.4 is 0 Å². The molecule has 144 valence electrons. The second kappa shape index (κ2) is 7.92. The number of hydrogen-bond acceptors (Lipinski definition) is 4. The molecule has 1 saturated heterocycles. The van der Waals surface area contributed by atoms with Crippen molar-refractivity contribution < 1.29 is 17.9 Å². The molecule has 6 heteroatoms. The van der Waals surface area contributed by atoms with Crippen molar-refractivity contribution in [3.8, 4) is 0 Å². The smallest absolute Gasteiger partial charge is 0.243 e. The summed E-state index contributed by atoms with van der Waals surface area (Å²) in [7, 11) is -3.68. The van der Waals surface area contributed by atoms with Gasteiger partial charge in [0.2, 0.25) is 10.0 Å². The van der Waals surface area contributed by atoms with Crippen LogP contribution in [0.15, 0.2) is 53.4 Å². The number of ether oxygens (including phenoxy) is 1. The maximum atomic E-state index is 13.0. The van der Waals surface area contributed by atoms with Gasteiger partial charge < -0.3 is 4.74 Å². The van der Waals surface area contributed by atoms with Crippen LogP contribution in [0.5, 0.6) is 0 Å². The highest BCUT2D eigenvalue weighted by Gasteiger charge is 2.31. The lowest BCUT2D eigenvalue weighted by Crippen LogP contribution is -2.42. The topological polar surface area (TPSA) is 63.7 Å². The van der Waals surface area contributed by atoms with Gasteiger partial charge in [0.1, 0.15) is 0 Å². The van der Waals surface area contributed by atoms with E-state index in [-0.39, 0.29) is 23.3 Å². The van der Waals surface area contributed by atoms with Gasteiger partial charge in [-0.1, -0.05) is 50.2 Å². The van der Waals surface area contributed by atoms with Crippen molar-refractivity contribution in [2.75, 3.05) is 19.7 Å². The van der Waals surface area contributed by atoms with Crippen LogP contribution in [0.1, 0.15) is 54.3 Å². The van der Waals surface area contributed by atoms with Crippen LogP contribution in [0, 0.1) is 0 Å². The van der Waals surface area contributed by atoms with Gasteiger partial charge in [-0.3, -0.25) is 4.79 Å². The molecule has 2 aromatic rings. The van der Waals surface area contributed by atoms with Gasteiger partial charge in [-0.05, 0) is 36.1 Å². The van der Waals surface area contributed by atoms with Crippen molar-refractivity contribution in [2.24, 2.45) is 0 Å². The lowest BCUT2D eigenvalue weighted by Gasteiger charge is -2.32. The molecule has 0 N–H and O–H groups in total. The molecular weight excluding hydrogens is 362 g/mol. The number of morpholine rings is 1. The summed E-state index contributed by atoms with van der Waals surface area (Å²) in [6.07, 6.45) is -0.300. The van der Waals surface area contributed by atoms with Gasteiger partial charge in [0, 0.05) is 18.7 Å². The molecule has 0 amide bonds. The molecule has 2 aromatic carbocycles. The third kappa shape index (κ3) is 4.29. The third-order valence-corrected chi connectivity index (χ3v) is 6.74. The van der Waals surface area contributed by atoms with Gasteiger partial charge in [-0.2, -0.15) is 4.31 Å². The summed E-state index contributed by atoms with van der Waals surface area (Å²) in [5.74, 6) is 0.286. The molecule has 27 heavy (non-hydrogen) atoms. The summed E-state index contributed by atoms with van der Waals surface area (Å²) in [5, 5.41) is 0. The van der Waals surface area contributed by atoms with Gasteiger partial charge in [0.05, 0.1) is 17.6 Å². The molecule has 1 unspecified atom stereocenters. The van der Waals surface area contributed by atoms with E-state index in [1.165, 1.54) is 28.9 Å². The monoisotopic (exact) mass is 387 g/mol. The first-order valence-electron chi connectivity index (χ1n) is 9.11. The van der Waals surface area contributed by atoms with E-state index in [4.69, 9.17) is 4.74 Å². The molecule has 1 aliphatic rings. The number of sulfonamides is 1. The Bertz CT molecular complexity index is 919. The third-order valence-electron chi connectivity index (χ3n) is 4.88. The van der Waals surface area contributed by atoms with Crippen LogP contribution in [-0.4, -0.2) is 38.2 Å². The van der Waals surface area contributed by atoms with E-state index in [9.17, 15) is 13.2 Å². The first-order valence-corrected chi connectivity index (χ1v) is 10.6. The van der Waals surface area contributed by atoms with Gasteiger partial charge in [0.25, 0.3) is 0 Å². The largest absolute Gasteiger partial charge is 0.371 e. The Morgan fingerprint density at radius 3 is 2.48 bits per heavy atom. The van der Waals surface area contributed by atoms with Crippen molar-refractivity contribution >= 4 is 15.8 Å². The Hall–Kier alpha value is -2.02. The molecule has 3 rings (SSSR count). The average Bonchev–Trinajstić information content (AvgIpc) is 2.68. The van der Waals surface area contributed by atoms with Crippen molar-refractivity contribution in [3.63, 3.8) is 0 Å². The predicted octanol–water partition coefficient (Wildman–Crippen LogP) is 3.77. The Balaban J connectivity index is 1.82. The minimum Gasteiger partial charge on any atom is -0.371 e. The number of rotatable bonds is 5. The number of hydrogen-bond donors (Lipinski definition) is 0. The summed E-state index contributed by atoms with van der Waals surface area (Å²) in [6.45, 7) is 6.59. The molecule has 0 spiro atoms. The number of Topliss-reactive ketones (excluding diaryl/α,β-unsaturated/α-hetero) is 1. The van der Waals surface area contributed by atoms with Crippen LogP contribution in [0.25, 0.3) is 0 Å². The Morgan fingerprint density at radius 2 is 1.85 bits per heavy atom. The van der Waals surface area contributed by atoms with Crippen molar-refractivity contribution in [1.82, 2.24) is 4.31 Å². The van der Waals surface area contributed by atoms with Crippen LogP contribution >= 0.6 is 0 Å². The van der Waals surface area contributed by atoms with E-state index in [2.05, 4.69) is 26.0 Å². The Kier molecular flexibility index (Phi) is 5.79. The van der Waals surface area contributed by atoms with Crippen LogP contribution in [0.4, 0.5) is 0 Å². The minimum absolute atomic E-state index is 0.144. The number of carbonyl (C=O) groups is 1. The fraction of sp³-hybridized carbons (Fsp3) is 0.381. The summed E-state index contributed by atoms with van der Waals surface area (Å²) < 4.78 is 33.4. The summed E-state index contributed by atoms with van der Waals surface area (Å²) in [4.78, 5) is 11.7. The standard InChI is InChI=1S/C21H25NO4S/c1-15(2)17-7-9-18(10-8-17)21-14-22(11-12-26-21)27(24,25)20-6-4-5-19(13-20)16(3)23/h4-10,13,15,21H,11-12,14H2,1-3H3. The van der Waals surface area contributed by atoms with Crippen LogP contribution in [0.3, 0.4) is 0 Å².